The maximum Gasteiger partial charge on any atom is 0.291 e. The van der Waals surface area contributed by atoms with Crippen LogP contribution in [-0.4, -0.2) is 37.1 Å². The Morgan fingerprint density at radius 1 is 1.35 bits per heavy atom. The van der Waals surface area contributed by atoms with E-state index in [0.29, 0.717) is 17.8 Å². The summed E-state index contributed by atoms with van der Waals surface area (Å²) in [5.74, 6) is 2.15. The lowest BCUT2D eigenvalue weighted by atomic mass is 9.76. The lowest BCUT2D eigenvalue weighted by Crippen LogP contribution is -2.23. The molecule has 0 saturated carbocycles. The first-order valence-corrected chi connectivity index (χ1v) is 11.8. The van der Waals surface area contributed by atoms with Crippen LogP contribution in [0.25, 0.3) is 5.57 Å². The van der Waals surface area contributed by atoms with Crippen molar-refractivity contribution in [2.75, 3.05) is 18.1 Å². The number of aryl methyl sites for hydroxylation is 1. The van der Waals surface area contributed by atoms with Crippen LogP contribution < -0.4 is 10.0 Å². The number of hydrogen-bond donors (Lipinski definition) is 3. The van der Waals surface area contributed by atoms with E-state index in [4.69, 9.17) is 6.42 Å². The van der Waals surface area contributed by atoms with Crippen molar-refractivity contribution in [3.05, 3.63) is 53.1 Å². The van der Waals surface area contributed by atoms with Crippen LogP contribution in [-0.2, 0) is 16.4 Å². The molecule has 0 radical (unpaired) electrons. The average Bonchev–Trinajstić information content (AvgIpc) is 3.23. The van der Waals surface area contributed by atoms with E-state index < -0.39 is 10.0 Å². The van der Waals surface area contributed by atoms with Crippen LogP contribution in [0.15, 0.2) is 30.5 Å². The first-order valence-electron chi connectivity index (χ1n) is 10.2. The third-order valence-corrected chi connectivity index (χ3v) is 6.93. The van der Waals surface area contributed by atoms with Gasteiger partial charge in [0.1, 0.15) is 5.69 Å². The van der Waals surface area contributed by atoms with Crippen molar-refractivity contribution < 1.29 is 13.2 Å². The van der Waals surface area contributed by atoms with Crippen molar-refractivity contribution in [1.29, 1.82) is 0 Å². The van der Waals surface area contributed by atoms with Gasteiger partial charge in [-0.3, -0.25) is 4.79 Å². The second-order valence-corrected chi connectivity index (χ2v) is 10.5. The molecule has 31 heavy (non-hydrogen) atoms. The number of H-pyrrole nitrogens is 1. The van der Waals surface area contributed by atoms with Gasteiger partial charge in [0.25, 0.3) is 5.91 Å². The van der Waals surface area contributed by atoms with Crippen LogP contribution in [0.2, 0.25) is 0 Å². The van der Waals surface area contributed by atoms with Crippen LogP contribution in [0.5, 0.6) is 0 Å². The lowest BCUT2D eigenvalue weighted by molar-refractivity contribution is 0.101. The first-order chi connectivity index (χ1) is 14.6. The number of imidazole rings is 1. The van der Waals surface area contributed by atoms with Crippen LogP contribution in [0.4, 0.5) is 5.69 Å². The molecule has 0 bridgehead atoms. The summed E-state index contributed by atoms with van der Waals surface area (Å²) < 4.78 is 26.0. The molecule has 0 saturated heterocycles. The van der Waals surface area contributed by atoms with Gasteiger partial charge in [0, 0.05) is 17.4 Å². The van der Waals surface area contributed by atoms with Crippen molar-refractivity contribution in [3.8, 4) is 12.3 Å². The van der Waals surface area contributed by atoms with Crippen molar-refractivity contribution >= 4 is 27.2 Å². The number of carbonyl (C=O) groups excluding carboxylic acids is 1. The number of allylic oxidation sites excluding steroid dienone is 2. The highest BCUT2D eigenvalue weighted by Gasteiger charge is 2.24. The Morgan fingerprint density at radius 2 is 2.13 bits per heavy atom. The van der Waals surface area contributed by atoms with Gasteiger partial charge in [0.05, 0.1) is 5.75 Å². The predicted octanol–water partition coefficient (Wildman–Crippen LogP) is 3.33. The number of benzene rings is 1. The van der Waals surface area contributed by atoms with E-state index in [2.05, 4.69) is 45.9 Å². The molecule has 1 aromatic heterocycles. The van der Waals surface area contributed by atoms with Gasteiger partial charge in [-0.1, -0.05) is 26.0 Å². The summed E-state index contributed by atoms with van der Waals surface area (Å²) in [4.78, 5) is 19.5. The van der Waals surface area contributed by atoms with E-state index in [9.17, 15) is 13.2 Å². The van der Waals surface area contributed by atoms with E-state index in [1.165, 1.54) is 13.2 Å². The van der Waals surface area contributed by atoms with Crippen molar-refractivity contribution in [3.63, 3.8) is 0 Å². The molecule has 2 aromatic rings. The number of carbonyl (C=O) groups is 1. The molecule has 3 rings (SSSR count). The van der Waals surface area contributed by atoms with E-state index in [1.807, 2.05) is 18.2 Å². The molecular formula is C23H28N4O3S. The normalized spacial score (nSPS) is 15.7. The molecule has 1 heterocycles. The molecule has 7 nitrogen and oxygen atoms in total. The number of anilines is 1. The molecule has 1 aromatic carbocycles. The fraction of sp³-hybridized carbons (Fsp3) is 0.391. The summed E-state index contributed by atoms with van der Waals surface area (Å²) in [6.45, 7) is 4.48. The maximum absolute atomic E-state index is 12.7. The molecule has 0 unspecified atom stereocenters. The average molecular weight is 441 g/mol. The lowest BCUT2D eigenvalue weighted by Gasteiger charge is -2.29. The van der Waals surface area contributed by atoms with E-state index in [0.717, 1.165) is 36.0 Å². The summed E-state index contributed by atoms with van der Waals surface area (Å²) in [6.07, 6.45) is 12.3. The number of hydrogen-bond acceptors (Lipinski definition) is 4. The number of rotatable bonds is 7. The van der Waals surface area contributed by atoms with Gasteiger partial charge in [0.2, 0.25) is 10.0 Å². The number of aromatic nitrogens is 2. The Labute approximate surface area is 183 Å². The molecule has 0 fully saturated rings. The van der Waals surface area contributed by atoms with Gasteiger partial charge in [-0.2, -0.15) is 0 Å². The molecule has 1 aliphatic rings. The van der Waals surface area contributed by atoms with Gasteiger partial charge < -0.3 is 10.3 Å². The van der Waals surface area contributed by atoms with E-state index >= 15 is 0 Å². The molecule has 0 atom stereocenters. The number of aromatic amines is 1. The van der Waals surface area contributed by atoms with Crippen molar-refractivity contribution in [2.24, 2.45) is 5.41 Å². The monoisotopic (exact) mass is 440 g/mol. The Morgan fingerprint density at radius 3 is 2.74 bits per heavy atom. The molecule has 164 valence electrons. The van der Waals surface area contributed by atoms with Crippen LogP contribution in [0, 0.1) is 17.8 Å². The van der Waals surface area contributed by atoms with E-state index in [-0.39, 0.29) is 22.9 Å². The number of amides is 1. The molecule has 1 amide bonds. The Balaban J connectivity index is 1.91. The largest absolute Gasteiger partial charge is 0.339 e. The second kappa shape index (κ2) is 9.08. The van der Waals surface area contributed by atoms with Crippen molar-refractivity contribution in [1.82, 2.24) is 14.7 Å². The number of nitrogens with one attached hydrogen (secondary N) is 3. The van der Waals surface area contributed by atoms with Crippen LogP contribution in [0.1, 0.15) is 60.5 Å². The van der Waals surface area contributed by atoms with Crippen LogP contribution >= 0.6 is 0 Å². The quantitative estimate of drug-likeness (QED) is 0.575. The zero-order valence-corrected chi connectivity index (χ0v) is 18.9. The molecular weight excluding hydrogens is 412 g/mol. The maximum atomic E-state index is 12.7. The minimum Gasteiger partial charge on any atom is -0.339 e. The Kier molecular flexibility index (Phi) is 6.68. The molecule has 8 heteroatoms. The predicted molar refractivity (Wildman–Crippen MR) is 123 cm³/mol. The zero-order valence-electron chi connectivity index (χ0n) is 18.1. The number of sulfonamides is 1. The highest BCUT2D eigenvalue weighted by atomic mass is 32.2. The second-order valence-electron chi connectivity index (χ2n) is 8.48. The zero-order chi connectivity index (χ0) is 22.6. The minimum atomic E-state index is -3.30. The SMILES string of the molecule is C#Cc1c[nH]c(C(=O)Nc2ccc(CCS(=O)(=O)NC)cc2C2=CCC(C)(C)CC2)n1. The number of nitrogens with zero attached hydrogens (tertiary/aromatic N) is 1. The Bertz CT molecular complexity index is 1150. The molecule has 1 aliphatic carbocycles. The topological polar surface area (TPSA) is 104 Å². The van der Waals surface area contributed by atoms with Gasteiger partial charge in [-0.15, -0.1) is 6.42 Å². The summed E-state index contributed by atoms with van der Waals surface area (Å²) in [5.41, 5.74) is 4.22. The molecule has 0 aliphatic heterocycles. The minimum absolute atomic E-state index is 0.00197. The Hall–Kier alpha value is -2.89. The summed E-state index contributed by atoms with van der Waals surface area (Å²) in [7, 11) is -1.89. The highest BCUT2D eigenvalue weighted by Crippen LogP contribution is 2.40. The molecule has 3 N–H and O–H groups in total. The van der Waals surface area contributed by atoms with Gasteiger partial charge in [0.15, 0.2) is 5.82 Å². The summed E-state index contributed by atoms with van der Waals surface area (Å²) >= 11 is 0. The van der Waals surface area contributed by atoms with Gasteiger partial charge in [-0.05, 0) is 67.3 Å². The highest BCUT2D eigenvalue weighted by molar-refractivity contribution is 7.89. The third-order valence-electron chi connectivity index (χ3n) is 5.56. The summed E-state index contributed by atoms with van der Waals surface area (Å²) in [6, 6.07) is 5.63. The fourth-order valence-electron chi connectivity index (χ4n) is 3.49. The van der Waals surface area contributed by atoms with Gasteiger partial charge >= 0.3 is 0 Å². The first kappa shape index (κ1) is 22.8. The fourth-order valence-corrected chi connectivity index (χ4v) is 4.20. The number of terminal acetylenes is 1. The van der Waals surface area contributed by atoms with Crippen molar-refractivity contribution in [2.45, 2.75) is 39.5 Å². The van der Waals surface area contributed by atoms with E-state index in [1.54, 1.807) is 0 Å². The standard InChI is InChI=1S/C23H28N4O3S/c1-5-18-15-25-21(26-18)22(28)27-20-7-6-16(10-13-31(29,30)24-4)14-19(20)17-8-11-23(2,3)12-9-17/h1,6-8,14-15,24H,9-13H2,2-4H3,(H,25,26)(H,27,28). The van der Waals surface area contributed by atoms with Crippen LogP contribution in [0.3, 0.4) is 0 Å². The smallest absolute Gasteiger partial charge is 0.291 e. The third kappa shape index (κ3) is 5.84. The van der Waals surface area contributed by atoms with Gasteiger partial charge in [-0.25, -0.2) is 18.1 Å². The summed E-state index contributed by atoms with van der Waals surface area (Å²) in [5, 5.41) is 2.92. The molecule has 0 spiro atoms.